The summed E-state index contributed by atoms with van der Waals surface area (Å²) in [6.45, 7) is 2.73. The van der Waals surface area contributed by atoms with E-state index in [2.05, 4.69) is 34.3 Å². The molecule has 0 saturated carbocycles. The van der Waals surface area contributed by atoms with Crippen LogP contribution in [0.15, 0.2) is 36.5 Å². The Hall–Kier alpha value is -1.99. The molecular formula is C19H30N4O2S. The van der Waals surface area contributed by atoms with Crippen LogP contribution in [0, 0.1) is 0 Å². The molecule has 6 nitrogen and oxygen atoms in total. The van der Waals surface area contributed by atoms with E-state index in [4.69, 9.17) is 10.5 Å². The molecule has 0 saturated heterocycles. The summed E-state index contributed by atoms with van der Waals surface area (Å²) < 4.78 is 5.84. The summed E-state index contributed by atoms with van der Waals surface area (Å²) in [4.78, 5) is 8.24. The van der Waals surface area contributed by atoms with E-state index in [9.17, 15) is 5.11 Å². The Balaban J connectivity index is 0.00000338. The number of nitrogen functional groups attached to an aromatic ring is 1. The summed E-state index contributed by atoms with van der Waals surface area (Å²) in [6.07, 6.45) is 6.41. The highest BCUT2D eigenvalue weighted by molar-refractivity contribution is 7.59. The summed E-state index contributed by atoms with van der Waals surface area (Å²) in [5, 5.41) is 12.8. The van der Waals surface area contributed by atoms with Crippen molar-refractivity contribution in [3.63, 3.8) is 0 Å². The lowest BCUT2D eigenvalue weighted by Crippen LogP contribution is -2.25. The third-order valence-electron chi connectivity index (χ3n) is 3.95. The number of rotatable bonds is 11. The van der Waals surface area contributed by atoms with Gasteiger partial charge in [0.25, 0.3) is 0 Å². The number of ether oxygens (including phenoxy) is 1. The van der Waals surface area contributed by atoms with Gasteiger partial charge in [-0.25, -0.2) is 4.98 Å². The number of aliphatic hydroxyl groups excluding tert-OH is 1. The number of aryl methyl sites for hydroxylation is 1. The highest BCUT2D eigenvalue weighted by atomic mass is 32.1. The third kappa shape index (κ3) is 7.49. The molecule has 0 fully saturated rings. The molecule has 0 aliphatic carbocycles. The smallest absolute Gasteiger partial charge is 0.222 e. The van der Waals surface area contributed by atoms with Crippen molar-refractivity contribution in [2.24, 2.45) is 0 Å². The highest BCUT2D eigenvalue weighted by Gasteiger charge is 2.13. The summed E-state index contributed by atoms with van der Waals surface area (Å²) in [7, 11) is 0. The second kappa shape index (κ2) is 12.4. The second-order valence-corrected chi connectivity index (χ2v) is 6.04. The first-order chi connectivity index (χ1) is 12.2. The SMILES string of the molecule is CCCC[C@@H](CO)Nc1nc(N)ncc1OCCCc1ccccc1.S. The quantitative estimate of drug-likeness (QED) is 0.520. The lowest BCUT2D eigenvalue weighted by Gasteiger charge is -2.19. The molecule has 7 heteroatoms. The number of unbranched alkanes of at least 4 members (excludes halogenated alkanes) is 1. The van der Waals surface area contributed by atoms with E-state index in [0.717, 1.165) is 32.1 Å². The van der Waals surface area contributed by atoms with Gasteiger partial charge in [-0.15, -0.1) is 0 Å². The number of anilines is 2. The molecule has 0 unspecified atom stereocenters. The van der Waals surface area contributed by atoms with E-state index in [1.165, 1.54) is 5.56 Å². The van der Waals surface area contributed by atoms with E-state index < -0.39 is 0 Å². The van der Waals surface area contributed by atoms with Gasteiger partial charge in [0.1, 0.15) is 0 Å². The summed E-state index contributed by atoms with van der Waals surface area (Å²) in [5.41, 5.74) is 6.99. The number of hydrogen-bond donors (Lipinski definition) is 3. The van der Waals surface area contributed by atoms with Crippen molar-refractivity contribution in [3.8, 4) is 5.75 Å². The van der Waals surface area contributed by atoms with Crippen LogP contribution in [0.2, 0.25) is 0 Å². The van der Waals surface area contributed by atoms with E-state index >= 15 is 0 Å². The van der Waals surface area contributed by atoms with Crippen molar-refractivity contribution in [1.29, 1.82) is 0 Å². The summed E-state index contributed by atoms with van der Waals surface area (Å²) in [5.74, 6) is 1.30. The van der Waals surface area contributed by atoms with Gasteiger partial charge in [0.05, 0.1) is 25.5 Å². The van der Waals surface area contributed by atoms with Crippen molar-refractivity contribution < 1.29 is 9.84 Å². The average Bonchev–Trinajstić information content (AvgIpc) is 2.64. The minimum atomic E-state index is -0.0686. The molecule has 0 aliphatic rings. The molecule has 2 rings (SSSR count). The van der Waals surface area contributed by atoms with Gasteiger partial charge in [-0.2, -0.15) is 18.5 Å². The molecule has 0 radical (unpaired) electrons. The van der Waals surface area contributed by atoms with Crippen LogP contribution in [0.3, 0.4) is 0 Å². The van der Waals surface area contributed by atoms with E-state index in [1.807, 2.05) is 18.2 Å². The number of hydrogen-bond acceptors (Lipinski definition) is 6. The second-order valence-electron chi connectivity index (χ2n) is 6.04. The standard InChI is InChI=1S/C19H28N4O2.H2S/c1-2-3-11-16(14-24)22-18-17(13-21-19(20)23-18)25-12-7-10-15-8-5-4-6-9-15;/h4-6,8-9,13,16,24H,2-3,7,10-12,14H2,1H3,(H3,20,21,22,23);1H2/t16-;/m0./s1. The lowest BCUT2D eigenvalue weighted by atomic mass is 10.1. The molecule has 26 heavy (non-hydrogen) atoms. The Morgan fingerprint density at radius 1 is 1.23 bits per heavy atom. The Morgan fingerprint density at radius 3 is 2.69 bits per heavy atom. The first-order valence-electron chi connectivity index (χ1n) is 8.89. The molecule has 4 N–H and O–H groups in total. The van der Waals surface area contributed by atoms with Gasteiger partial charge in [-0.05, 0) is 24.8 Å². The fourth-order valence-corrected chi connectivity index (χ4v) is 2.55. The minimum absolute atomic E-state index is 0. The van der Waals surface area contributed by atoms with Gasteiger partial charge in [-0.3, -0.25) is 0 Å². The molecule has 1 aromatic heterocycles. The fourth-order valence-electron chi connectivity index (χ4n) is 2.55. The molecule has 2 aromatic rings. The normalized spacial score (nSPS) is 11.5. The van der Waals surface area contributed by atoms with Crippen molar-refractivity contribution >= 4 is 25.3 Å². The zero-order valence-electron chi connectivity index (χ0n) is 15.3. The van der Waals surface area contributed by atoms with Crippen LogP contribution in [-0.2, 0) is 6.42 Å². The Bertz CT molecular complexity index is 628. The highest BCUT2D eigenvalue weighted by Crippen LogP contribution is 2.23. The van der Waals surface area contributed by atoms with Crippen LogP contribution in [0.4, 0.5) is 11.8 Å². The van der Waals surface area contributed by atoms with E-state index in [-0.39, 0.29) is 32.1 Å². The molecular weight excluding hydrogens is 348 g/mol. The molecule has 1 aromatic carbocycles. The molecule has 0 bridgehead atoms. The predicted molar refractivity (Wildman–Crippen MR) is 111 cm³/mol. The molecule has 0 spiro atoms. The van der Waals surface area contributed by atoms with Crippen LogP contribution in [0.25, 0.3) is 0 Å². The number of nitrogens with one attached hydrogen (secondary N) is 1. The van der Waals surface area contributed by atoms with Crippen LogP contribution < -0.4 is 15.8 Å². The van der Waals surface area contributed by atoms with Crippen molar-refractivity contribution in [1.82, 2.24) is 9.97 Å². The van der Waals surface area contributed by atoms with Gasteiger partial charge in [-0.1, -0.05) is 50.1 Å². The van der Waals surface area contributed by atoms with Crippen LogP contribution >= 0.6 is 13.5 Å². The topological polar surface area (TPSA) is 93.3 Å². The Labute approximate surface area is 162 Å². The van der Waals surface area contributed by atoms with E-state index in [1.54, 1.807) is 6.20 Å². The maximum absolute atomic E-state index is 9.54. The Kier molecular flexibility index (Phi) is 10.5. The lowest BCUT2D eigenvalue weighted by molar-refractivity contribution is 0.265. The number of nitrogens with zero attached hydrogens (tertiary/aromatic N) is 2. The van der Waals surface area contributed by atoms with Gasteiger partial charge in [0, 0.05) is 0 Å². The zero-order chi connectivity index (χ0) is 17.9. The van der Waals surface area contributed by atoms with Crippen LogP contribution in [-0.4, -0.2) is 34.3 Å². The van der Waals surface area contributed by atoms with Gasteiger partial charge in [0.2, 0.25) is 5.95 Å². The first-order valence-corrected chi connectivity index (χ1v) is 8.89. The molecule has 0 aliphatic heterocycles. The van der Waals surface area contributed by atoms with Gasteiger partial charge in [0.15, 0.2) is 11.6 Å². The van der Waals surface area contributed by atoms with Crippen molar-refractivity contribution in [3.05, 3.63) is 42.1 Å². The zero-order valence-corrected chi connectivity index (χ0v) is 16.3. The predicted octanol–water partition coefficient (Wildman–Crippen LogP) is 3.15. The molecule has 1 heterocycles. The largest absolute Gasteiger partial charge is 0.488 e. The van der Waals surface area contributed by atoms with Crippen molar-refractivity contribution in [2.45, 2.75) is 45.1 Å². The maximum atomic E-state index is 9.54. The number of aromatic nitrogens is 2. The number of benzene rings is 1. The van der Waals surface area contributed by atoms with Crippen LogP contribution in [0.1, 0.15) is 38.2 Å². The van der Waals surface area contributed by atoms with Gasteiger partial charge < -0.3 is 20.9 Å². The summed E-state index contributed by atoms with van der Waals surface area (Å²) in [6, 6.07) is 10.2. The monoisotopic (exact) mass is 378 g/mol. The maximum Gasteiger partial charge on any atom is 0.222 e. The third-order valence-corrected chi connectivity index (χ3v) is 3.95. The summed E-state index contributed by atoms with van der Waals surface area (Å²) >= 11 is 0. The van der Waals surface area contributed by atoms with Gasteiger partial charge >= 0.3 is 0 Å². The average molecular weight is 379 g/mol. The first kappa shape index (κ1) is 22.1. The van der Waals surface area contributed by atoms with Crippen LogP contribution in [0.5, 0.6) is 5.75 Å². The Morgan fingerprint density at radius 2 is 2.00 bits per heavy atom. The van der Waals surface area contributed by atoms with Crippen molar-refractivity contribution in [2.75, 3.05) is 24.3 Å². The molecule has 1 atom stereocenters. The molecule has 0 amide bonds. The minimum Gasteiger partial charge on any atom is -0.488 e. The fraction of sp³-hybridized carbons (Fsp3) is 0.474. The molecule has 144 valence electrons. The number of nitrogens with two attached hydrogens (primary N) is 1. The number of aliphatic hydroxyl groups is 1. The van der Waals surface area contributed by atoms with E-state index in [0.29, 0.717) is 18.2 Å².